The summed E-state index contributed by atoms with van der Waals surface area (Å²) in [6.07, 6.45) is 12.0. The Balaban J connectivity index is 2.32. The van der Waals surface area contributed by atoms with Gasteiger partial charge in [-0.15, -0.1) is 0 Å². The SMILES string of the molecule is CC/C=C(/C=C/c1cc(-c2cccc(C)n2)cnc1C)CCC. The smallest absolute Gasteiger partial charge is 0.0720 e. The lowest BCUT2D eigenvalue weighted by Crippen LogP contribution is -1.91. The van der Waals surface area contributed by atoms with E-state index < -0.39 is 0 Å². The molecule has 2 aromatic heterocycles. The van der Waals surface area contributed by atoms with E-state index in [2.05, 4.69) is 55.0 Å². The van der Waals surface area contributed by atoms with Crippen molar-refractivity contribution in [2.45, 2.75) is 47.0 Å². The number of hydrogen-bond donors (Lipinski definition) is 0. The molecule has 0 amide bonds. The second-order valence-electron chi connectivity index (χ2n) is 5.83. The predicted octanol–water partition coefficient (Wildman–Crippen LogP) is 5.91. The minimum absolute atomic E-state index is 0.977. The summed E-state index contributed by atoms with van der Waals surface area (Å²) in [6.45, 7) is 8.46. The molecule has 23 heavy (non-hydrogen) atoms. The van der Waals surface area contributed by atoms with Crippen molar-refractivity contribution in [1.82, 2.24) is 9.97 Å². The average Bonchev–Trinajstić information content (AvgIpc) is 2.54. The van der Waals surface area contributed by atoms with E-state index in [0.29, 0.717) is 0 Å². The second kappa shape index (κ2) is 8.42. The van der Waals surface area contributed by atoms with Crippen LogP contribution in [0.25, 0.3) is 17.3 Å². The van der Waals surface area contributed by atoms with Crippen LogP contribution in [0.4, 0.5) is 0 Å². The Morgan fingerprint density at radius 3 is 2.70 bits per heavy atom. The van der Waals surface area contributed by atoms with Gasteiger partial charge in [0.2, 0.25) is 0 Å². The molecule has 120 valence electrons. The summed E-state index contributed by atoms with van der Waals surface area (Å²) in [4.78, 5) is 9.14. The molecule has 0 aliphatic carbocycles. The van der Waals surface area contributed by atoms with Crippen LogP contribution in [0.5, 0.6) is 0 Å². The zero-order valence-corrected chi connectivity index (χ0v) is 14.6. The molecule has 0 bridgehead atoms. The fraction of sp³-hybridized carbons (Fsp3) is 0.333. The number of pyridine rings is 2. The molecule has 2 nitrogen and oxygen atoms in total. The van der Waals surface area contributed by atoms with Gasteiger partial charge in [0.05, 0.1) is 5.69 Å². The lowest BCUT2D eigenvalue weighted by molar-refractivity contribution is 0.918. The first kappa shape index (κ1) is 17.1. The summed E-state index contributed by atoms with van der Waals surface area (Å²) in [5.41, 5.74) is 6.67. The molecule has 0 radical (unpaired) electrons. The zero-order valence-electron chi connectivity index (χ0n) is 14.6. The number of nitrogens with zero attached hydrogens (tertiary/aromatic N) is 2. The number of allylic oxidation sites excluding steroid dienone is 3. The van der Waals surface area contributed by atoms with Crippen LogP contribution < -0.4 is 0 Å². The van der Waals surface area contributed by atoms with Crippen molar-refractivity contribution in [3.63, 3.8) is 0 Å². The molecule has 0 unspecified atom stereocenters. The second-order valence-corrected chi connectivity index (χ2v) is 5.83. The maximum atomic E-state index is 4.59. The summed E-state index contributed by atoms with van der Waals surface area (Å²) in [6, 6.07) is 8.26. The van der Waals surface area contributed by atoms with Gasteiger partial charge in [-0.1, -0.05) is 50.1 Å². The van der Waals surface area contributed by atoms with Crippen LogP contribution in [0.2, 0.25) is 0 Å². The topological polar surface area (TPSA) is 25.8 Å². The van der Waals surface area contributed by atoms with Crippen LogP contribution in [0.15, 0.2) is 48.2 Å². The van der Waals surface area contributed by atoms with Crippen molar-refractivity contribution < 1.29 is 0 Å². The third-order valence-corrected chi connectivity index (χ3v) is 3.79. The average molecular weight is 306 g/mol. The molecule has 2 heterocycles. The summed E-state index contributed by atoms with van der Waals surface area (Å²) in [5.74, 6) is 0. The number of aryl methyl sites for hydroxylation is 2. The van der Waals surface area contributed by atoms with E-state index in [4.69, 9.17) is 0 Å². The van der Waals surface area contributed by atoms with E-state index >= 15 is 0 Å². The van der Waals surface area contributed by atoms with Crippen molar-refractivity contribution in [2.75, 3.05) is 0 Å². The Morgan fingerprint density at radius 1 is 1.17 bits per heavy atom. The Morgan fingerprint density at radius 2 is 2.00 bits per heavy atom. The highest BCUT2D eigenvalue weighted by atomic mass is 14.7. The fourth-order valence-corrected chi connectivity index (χ4v) is 2.56. The molecule has 0 spiro atoms. The van der Waals surface area contributed by atoms with Crippen molar-refractivity contribution in [2.24, 2.45) is 0 Å². The maximum Gasteiger partial charge on any atom is 0.0720 e. The van der Waals surface area contributed by atoms with E-state index in [1.54, 1.807) is 0 Å². The lowest BCUT2D eigenvalue weighted by Gasteiger charge is -2.06. The summed E-state index contributed by atoms with van der Waals surface area (Å²) in [7, 11) is 0. The molecule has 0 fully saturated rings. The van der Waals surface area contributed by atoms with Gasteiger partial charge in [-0.05, 0) is 50.5 Å². The molecular formula is C21H26N2. The molecule has 2 rings (SSSR count). The summed E-state index contributed by atoms with van der Waals surface area (Å²) in [5, 5.41) is 0. The molecule has 0 aliphatic rings. The van der Waals surface area contributed by atoms with Gasteiger partial charge in [0.1, 0.15) is 0 Å². The fourth-order valence-electron chi connectivity index (χ4n) is 2.56. The number of aromatic nitrogens is 2. The van der Waals surface area contributed by atoms with Crippen molar-refractivity contribution >= 4 is 6.08 Å². The van der Waals surface area contributed by atoms with Crippen LogP contribution in [-0.4, -0.2) is 9.97 Å². The van der Waals surface area contributed by atoms with Crippen LogP contribution in [-0.2, 0) is 0 Å². The Hall–Kier alpha value is -2.22. The van der Waals surface area contributed by atoms with Crippen molar-refractivity contribution in [1.29, 1.82) is 0 Å². The van der Waals surface area contributed by atoms with Crippen LogP contribution in [0.3, 0.4) is 0 Å². The van der Waals surface area contributed by atoms with Gasteiger partial charge in [-0.3, -0.25) is 9.97 Å². The molecule has 0 saturated heterocycles. The van der Waals surface area contributed by atoms with Gasteiger partial charge in [0.15, 0.2) is 0 Å². The highest BCUT2D eigenvalue weighted by molar-refractivity contribution is 5.65. The first-order chi connectivity index (χ1) is 11.1. The van der Waals surface area contributed by atoms with Gasteiger partial charge < -0.3 is 0 Å². The normalized spacial score (nSPS) is 12.1. The van der Waals surface area contributed by atoms with E-state index in [9.17, 15) is 0 Å². The standard InChI is InChI=1S/C21H26N2/c1-5-8-18(9-6-2)12-13-19-14-20(15-22-17(19)4)21-11-7-10-16(3)23-21/h7-8,10-15H,5-6,9H2,1-4H3/b13-12+,18-8+. The van der Waals surface area contributed by atoms with Crippen LogP contribution in [0.1, 0.15) is 50.1 Å². The zero-order chi connectivity index (χ0) is 16.7. The summed E-state index contributed by atoms with van der Waals surface area (Å²) >= 11 is 0. The minimum Gasteiger partial charge on any atom is -0.260 e. The summed E-state index contributed by atoms with van der Waals surface area (Å²) < 4.78 is 0. The Bertz CT molecular complexity index is 712. The van der Waals surface area contributed by atoms with Crippen LogP contribution >= 0.6 is 0 Å². The van der Waals surface area contributed by atoms with Gasteiger partial charge in [0.25, 0.3) is 0 Å². The minimum atomic E-state index is 0.977. The molecule has 0 N–H and O–H groups in total. The largest absolute Gasteiger partial charge is 0.260 e. The quantitative estimate of drug-likeness (QED) is 0.620. The van der Waals surface area contributed by atoms with Crippen molar-refractivity contribution in [3.8, 4) is 11.3 Å². The molecule has 0 atom stereocenters. The molecule has 0 aromatic carbocycles. The van der Waals surface area contributed by atoms with Crippen LogP contribution in [0, 0.1) is 13.8 Å². The van der Waals surface area contributed by atoms with E-state index in [0.717, 1.165) is 41.1 Å². The maximum absolute atomic E-state index is 4.59. The van der Waals surface area contributed by atoms with E-state index in [1.807, 2.05) is 31.3 Å². The van der Waals surface area contributed by atoms with Gasteiger partial charge in [0, 0.05) is 23.1 Å². The highest BCUT2D eigenvalue weighted by Crippen LogP contribution is 2.21. The van der Waals surface area contributed by atoms with Crippen molar-refractivity contribution in [3.05, 3.63) is 65.1 Å². The Kier molecular flexibility index (Phi) is 6.28. The third-order valence-electron chi connectivity index (χ3n) is 3.79. The van der Waals surface area contributed by atoms with E-state index in [1.165, 1.54) is 12.0 Å². The first-order valence-electron chi connectivity index (χ1n) is 8.41. The highest BCUT2D eigenvalue weighted by Gasteiger charge is 2.04. The number of hydrogen-bond acceptors (Lipinski definition) is 2. The van der Waals surface area contributed by atoms with E-state index in [-0.39, 0.29) is 0 Å². The van der Waals surface area contributed by atoms with Gasteiger partial charge >= 0.3 is 0 Å². The third kappa shape index (κ3) is 4.88. The molecule has 0 saturated carbocycles. The number of rotatable bonds is 6. The first-order valence-corrected chi connectivity index (χ1v) is 8.41. The monoisotopic (exact) mass is 306 g/mol. The lowest BCUT2D eigenvalue weighted by atomic mass is 10.0. The molecule has 2 heteroatoms. The van der Waals surface area contributed by atoms with Gasteiger partial charge in [-0.2, -0.15) is 0 Å². The predicted molar refractivity (Wildman–Crippen MR) is 99.3 cm³/mol. The molecule has 2 aromatic rings. The Labute approximate surface area is 140 Å². The molecule has 0 aliphatic heterocycles. The molecular weight excluding hydrogens is 280 g/mol. The van der Waals surface area contributed by atoms with Gasteiger partial charge in [-0.25, -0.2) is 0 Å².